The number of nitrogen functional groups attached to an aromatic ring is 1. The van der Waals surface area contributed by atoms with E-state index >= 15 is 0 Å². The molecule has 5 heteroatoms. The van der Waals surface area contributed by atoms with Gasteiger partial charge in [-0.1, -0.05) is 48.5 Å². The van der Waals surface area contributed by atoms with Crippen molar-refractivity contribution in [3.63, 3.8) is 0 Å². The molecule has 1 heterocycles. The van der Waals surface area contributed by atoms with Crippen molar-refractivity contribution in [3.8, 4) is 16.2 Å². The number of rotatable bonds is 5. The van der Waals surface area contributed by atoms with Gasteiger partial charge in [-0.05, 0) is 17.7 Å². The van der Waals surface area contributed by atoms with Crippen molar-refractivity contribution in [3.05, 3.63) is 71.8 Å². The number of thiophene rings is 1. The van der Waals surface area contributed by atoms with Crippen molar-refractivity contribution < 1.29 is 9.53 Å². The van der Waals surface area contributed by atoms with Crippen LogP contribution in [-0.4, -0.2) is 13.0 Å². The Hall–Kier alpha value is -2.79. The Labute approximate surface area is 144 Å². The van der Waals surface area contributed by atoms with Gasteiger partial charge in [0.2, 0.25) is 0 Å². The molecule has 0 aliphatic rings. The summed E-state index contributed by atoms with van der Waals surface area (Å²) in [5.74, 6) is 0.568. The summed E-state index contributed by atoms with van der Waals surface area (Å²) in [6, 6.07) is 19.3. The molecule has 2 aromatic carbocycles. The predicted octanol–water partition coefficient (Wildman–Crippen LogP) is 3.94. The van der Waals surface area contributed by atoms with Crippen LogP contribution in [0.15, 0.2) is 60.7 Å². The van der Waals surface area contributed by atoms with Gasteiger partial charge in [0.15, 0.2) is 0 Å². The molecule has 0 atom stereocenters. The maximum absolute atomic E-state index is 12.5. The van der Waals surface area contributed by atoms with Gasteiger partial charge >= 0.3 is 0 Å². The fourth-order valence-corrected chi connectivity index (χ4v) is 3.38. The zero-order chi connectivity index (χ0) is 16.9. The van der Waals surface area contributed by atoms with Crippen LogP contribution < -0.4 is 15.8 Å². The second-order valence-corrected chi connectivity index (χ2v) is 6.33. The number of nitrogens with two attached hydrogens (primary N) is 1. The summed E-state index contributed by atoms with van der Waals surface area (Å²) in [4.78, 5) is 13.4. The molecular formula is C19H18N2O2S. The number of amides is 1. The molecule has 0 bridgehead atoms. The number of methoxy groups -OCH3 is 1. The van der Waals surface area contributed by atoms with Gasteiger partial charge in [0, 0.05) is 17.0 Å². The highest BCUT2D eigenvalue weighted by Gasteiger charge is 2.15. The minimum absolute atomic E-state index is 0.183. The minimum Gasteiger partial charge on any atom is -0.496 e. The van der Waals surface area contributed by atoms with Crippen LogP contribution >= 0.6 is 11.3 Å². The average Bonchev–Trinajstić information content (AvgIpc) is 3.02. The lowest BCUT2D eigenvalue weighted by Gasteiger charge is -2.09. The summed E-state index contributed by atoms with van der Waals surface area (Å²) >= 11 is 1.42. The second-order valence-electron chi connectivity index (χ2n) is 5.25. The summed E-state index contributed by atoms with van der Waals surface area (Å²) in [5, 5.41) is 3.42. The van der Waals surface area contributed by atoms with E-state index in [1.165, 1.54) is 11.3 Å². The largest absolute Gasteiger partial charge is 0.496 e. The van der Waals surface area contributed by atoms with Crippen LogP contribution in [-0.2, 0) is 6.54 Å². The molecule has 1 amide bonds. The van der Waals surface area contributed by atoms with E-state index in [1.807, 2.05) is 60.7 Å². The lowest BCUT2D eigenvalue weighted by molar-refractivity contribution is 0.0952. The van der Waals surface area contributed by atoms with Gasteiger partial charge in [0.05, 0.1) is 17.7 Å². The fraction of sp³-hybridized carbons (Fsp3) is 0.105. The van der Waals surface area contributed by atoms with Crippen molar-refractivity contribution in [1.29, 1.82) is 0 Å². The zero-order valence-corrected chi connectivity index (χ0v) is 14.1. The van der Waals surface area contributed by atoms with E-state index in [-0.39, 0.29) is 5.91 Å². The Kier molecular flexibility index (Phi) is 4.82. The number of hydrogen-bond acceptors (Lipinski definition) is 4. The van der Waals surface area contributed by atoms with Crippen molar-refractivity contribution in [2.45, 2.75) is 6.54 Å². The number of carbonyl (C=O) groups is 1. The average molecular weight is 338 g/mol. The molecule has 0 radical (unpaired) electrons. The van der Waals surface area contributed by atoms with E-state index in [9.17, 15) is 4.79 Å². The standard InChI is InChI=1S/C19H18N2O2S/c1-23-16-10-6-5-9-14(16)12-21-19(22)15-11-17(24-18(15)20)13-7-3-2-4-8-13/h2-11H,12,20H2,1H3,(H,21,22). The van der Waals surface area contributed by atoms with Crippen molar-refractivity contribution in [1.82, 2.24) is 5.32 Å². The molecule has 122 valence electrons. The van der Waals surface area contributed by atoms with Crippen LogP contribution in [0.5, 0.6) is 5.75 Å². The molecule has 0 aliphatic carbocycles. The number of anilines is 1. The topological polar surface area (TPSA) is 64.3 Å². The Bertz CT molecular complexity index is 844. The lowest BCUT2D eigenvalue weighted by Crippen LogP contribution is -2.23. The first-order valence-electron chi connectivity index (χ1n) is 7.54. The molecule has 4 nitrogen and oxygen atoms in total. The Balaban J connectivity index is 1.75. The van der Waals surface area contributed by atoms with E-state index < -0.39 is 0 Å². The molecule has 3 aromatic rings. The van der Waals surface area contributed by atoms with Crippen LogP contribution in [0, 0.1) is 0 Å². The summed E-state index contributed by atoms with van der Waals surface area (Å²) < 4.78 is 5.30. The predicted molar refractivity (Wildman–Crippen MR) is 98.3 cm³/mol. The first-order valence-corrected chi connectivity index (χ1v) is 8.35. The molecule has 1 aromatic heterocycles. The Morgan fingerprint density at radius 3 is 2.58 bits per heavy atom. The smallest absolute Gasteiger partial charge is 0.254 e. The molecule has 0 saturated carbocycles. The molecule has 0 fully saturated rings. The Morgan fingerprint density at radius 1 is 1.12 bits per heavy atom. The molecule has 3 rings (SSSR count). The molecular weight excluding hydrogens is 320 g/mol. The zero-order valence-electron chi connectivity index (χ0n) is 13.3. The second kappa shape index (κ2) is 7.19. The van der Waals surface area contributed by atoms with Gasteiger partial charge in [0.1, 0.15) is 5.75 Å². The van der Waals surface area contributed by atoms with E-state index in [1.54, 1.807) is 7.11 Å². The van der Waals surface area contributed by atoms with Gasteiger partial charge in [-0.15, -0.1) is 11.3 Å². The van der Waals surface area contributed by atoms with Gasteiger partial charge < -0.3 is 15.8 Å². The van der Waals surface area contributed by atoms with Gasteiger partial charge in [-0.25, -0.2) is 0 Å². The quantitative estimate of drug-likeness (QED) is 0.741. The monoisotopic (exact) mass is 338 g/mol. The lowest BCUT2D eigenvalue weighted by atomic mass is 10.1. The molecule has 0 saturated heterocycles. The summed E-state index contributed by atoms with van der Waals surface area (Å²) in [5.41, 5.74) is 8.52. The third-order valence-electron chi connectivity index (χ3n) is 3.70. The van der Waals surface area contributed by atoms with E-state index in [4.69, 9.17) is 10.5 Å². The summed E-state index contributed by atoms with van der Waals surface area (Å²) in [6.07, 6.45) is 0. The summed E-state index contributed by atoms with van der Waals surface area (Å²) in [6.45, 7) is 0.388. The van der Waals surface area contributed by atoms with Crippen molar-refractivity contribution in [2.75, 3.05) is 12.8 Å². The van der Waals surface area contributed by atoms with Gasteiger partial charge in [-0.3, -0.25) is 4.79 Å². The molecule has 24 heavy (non-hydrogen) atoms. The number of hydrogen-bond donors (Lipinski definition) is 2. The molecule has 0 aliphatic heterocycles. The third kappa shape index (κ3) is 3.41. The van der Waals surface area contributed by atoms with Crippen LogP contribution in [0.4, 0.5) is 5.00 Å². The number of benzene rings is 2. The molecule has 3 N–H and O–H groups in total. The van der Waals surface area contributed by atoms with Crippen LogP contribution in [0.25, 0.3) is 10.4 Å². The highest BCUT2D eigenvalue weighted by atomic mass is 32.1. The minimum atomic E-state index is -0.183. The third-order valence-corrected chi connectivity index (χ3v) is 4.71. The molecule has 0 unspecified atom stereocenters. The van der Waals surface area contributed by atoms with Crippen molar-refractivity contribution in [2.24, 2.45) is 0 Å². The number of para-hydroxylation sites is 1. The fourth-order valence-electron chi connectivity index (χ4n) is 2.45. The first-order chi connectivity index (χ1) is 11.7. The van der Waals surface area contributed by atoms with Gasteiger partial charge in [-0.2, -0.15) is 0 Å². The first kappa shape index (κ1) is 16.1. The van der Waals surface area contributed by atoms with E-state index in [0.717, 1.165) is 21.8 Å². The van der Waals surface area contributed by atoms with Crippen LogP contribution in [0.3, 0.4) is 0 Å². The highest BCUT2D eigenvalue weighted by Crippen LogP contribution is 2.33. The van der Waals surface area contributed by atoms with E-state index in [2.05, 4.69) is 5.32 Å². The number of carbonyl (C=O) groups excluding carboxylic acids is 1. The highest BCUT2D eigenvalue weighted by molar-refractivity contribution is 7.19. The van der Waals surface area contributed by atoms with Gasteiger partial charge in [0.25, 0.3) is 5.91 Å². The number of nitrogens with one attached hydrogen (secondary N) is 1. The maximum Gasteiger partial charge on any atom is 0.254 e. The van der Waals surface area contributed by atoms with Crippen LogP contribution in [0.1, 0.15) is 15.9 Å². The SMILES string of the molecule is COc1ccccc1CNC(=O)c1cc(-c2ccccc2)sc1N. The summed E-state index contributed by atoms with van der Waals surface area (Å²) in [7, 11) is 1.61. The number of ether oxygens (including phenoxy) is 1. The maximum atomic E-state index is 12.5. The van der Waals surface area contributed by atoms with Crippen molar-refractivity contribution >= 4 is 22.2 Å². The molecule has 0 spiro atoms. The van der Waals surface area contributed by atoms with Crippen LogP contribution in [0.2, 0.25) is 0 Å². The van der Waals surface area contributed by atoms with E-state index in [0.29, 0.717) is 17.1 Å². The Morgan fingerprint density at radius 2 is 1.83 bits per heavy atom. The normalized spacial score (nSPS) is 10.4.